The fourth-order valence-corrected chi connectivity index (χ4v) is 4.03. The number of phenolic OH excluding ortho intramolecular Hbond substituents is 1. The van der Waals surface area contributed by atoms with Crippen molar-refractivity contribution in [3.63, 3.8) is 0 Å². The van der Waals surface area contributed by atoms with Crippen LogP contribution in [0.25, 0.3) is 11.3 Å². The first-order valence-corrected chi connectivity index (χ1v) is 10.9. The molecule has 168 valence electrons. The molecule has 0 saturated carbocycles. The number of phenols is 1. The zero-order valence-electron chi connectivity index (χ0n) is 18.7. The number of carbonyl (C=O) groups is 1. The molecule has 0 radical (unpaired) electrons. The standard InChI is InChI=1S/C25H29N3O4/c1-16(2)11-13-32-18-8-6-7-17(15-18)24-21-22(19-9-4-5-10-20(19)29)26-27-23(21)25(30)28(24)12-14-31-3/h4-10,15-16,24,29H,11-14H2,1-3H3,(H,26,27)/t24-/m1/s1. The summed E-state index contributed by atoms with van der Waals surface area (Å²) >= 11 is 0. The highest BCUT2D eigenvalue weighted by atomic mass is 16.5. The lowest BCUT2D eigenvalue weighted by molar-refractivity contribution is 0.0677. The fourth-order valence-electron chi connectivity index (χ4n) is 4.03. The van der Waals surface area contributed by atoms with Gasteiger partial charge in [-0.3, -0.25) is 9.89 Å². The van der Waals surface area contributed by atoms with Gasteiger partial charge in [0.25, 0.3) is 5.91 Å². The van der Waals surface area contributed by atoms with Gasteiger partial charge in [-0.2, -0.15) is 5.10 Å². The van der Waals surface area contributed by atoms with E-state index in [0.717, 1.165) is 23.3 Å². The Morgan fingerprint density at radius 2 is 1.97 bits per heavy atom. The molecule has 2 N–H and O–H groups in total. The van der Waals surface area contributed by atoms with Crippen molar-refractivity contribution in [2.24, 2.45) is 5.92 Å². The molecule has 32 heavy (non-hydrogen) atoms. The van der Waals surface area contributed by atoms with Crippen molar-refractivity contribution in [1.29, 1.82) is 0 Å². The Bertz CT molecular complexity index is 1090. The van der Waals surface area contributed by atoms with E-state index in [2.05, 4.69) is 24.0 Å². The van der Waals surface area contributed by atoms with Crippen molar-refractivity contribution in [2.45, 2.75) is 26.3 Å². The molecule has 2 aromatic carbocycles. The summed E-state index contributed by atoms with van der Waals surface area (Å²) in [6.45, 7) is 5.81. The summed E-state index contributed by atoms with van der Waals surface area (Å²) in [6.07, 6.45) is 0.968. The number of fused-ring (bicyclic) bond motifs is 1. The van der Waals surface area contributed by atoms with Crippen LogP contribution in [0.15, 0.2) is 48.5 Å². The van der Waals surface area contributed by atoms with Gasteiger partial charge in [-0.15, -0.1) is 0 Å². The highest BCUT2D eigenvalue weighted by molar-refractivity contribution is 6.00. The molecule has 3 aromatic rings. The van der Waals surface area contributed by atoms with Gasteiger partial charge in [0.1, 0.15) is 22.9 Å². The number of nitrogens with zero attached hydrogens (tertiary/aromatic N) is 2. The lowest BCUT2D eigenvalue weighted by Gasteiger charge is -2.26. The maximum Gasteiger partial charge on any atom is 0.273 e. The number of H-pyrrole nitrogens is 1. The van der Waals surface area contributed by atoms with E-state index in [-0.39, 0.29) is 17.7 Å². The average molecular weight is 436 g/mol. The Kier molecular flexibility index (Phi) is 6.46. The number of ether oxygens (including phenoxy) is 2. The molecule has 1 atom stereocenters. The van der Waals surface area contributed by atoms with Gasteiger partial charge in [0, 0.05) is 24.8 Å². The quantitative estimate of drug-likeness (QED) is 0.520. The van der Waals surface area contributed by atoms with E-state index in [9.17, 15) is 9.90 Å². The summed E-state index contributed by atoms with van der Waals surface area (Å²) in [5, 5.41) is 17.7. The third kappa shape index (κ3) is 4.21. The lowest BCUT2D eigenvalue weighted by atomic mass is 9.95. The summed E-state index contributed by atoms with van der Waals surface area (Å²) in [5.74, 6) is 1.31. The Labute approximate surface area is 188 Å². The molecule has 0 spiro atoms. The molecule has 7 nitrogen and oxygen atoms in total. The number of aromatic hydroxyl groups is 1. The van der Waals surface area contributed by atoms with Crippen molar-refractivity contribution < 1.29 is 19.4 Å². The van der Waals surface area contributed by atoms with Crippen molar-refractivity contribution in [3.8, 4) is 22.8 Å². The van der Waals surface area contributed by atoms with E-state index in [1.54, 1.807) is 30.2 Å². The number of methoxy groups -OCH3 is 1. The van der Waals surface area contributed by atoms with Crippen molar-refractivity contribution in [3.05, 3.63) is 65.4 Å². The summed E-state index contributed by atoms with van der Waals surface area (Å²) in [6, 6.07) is 14.5. The SMILES string of the molecule is COCCN1C(=O)c2[nH]nc(-c3ccccc3O)c2[C@H]1c1cccc(OCCC(C)C)c1. The molecule has 0 fully saturated rings. The summed E-state index contributed by atoms with van der Waals surface area (Å²) in [7, 11) is 1.62. The van der Waals surface area contributed by atoms with Crippen LogP contribution < -0.4 is 4.74 Å². The van der Waals surface area contributed by atoms with Crippen LogP contribution in [0, 0.1) is 5.92 Å². The predicted octanol–water partition coefficient (Wildman–Crippen LogP) is 4.40. The molecule has 2 heterocycles. The minimum atomic E-state index is -0.366. The van der Waals surface area contributed by atoms with Gasteiger partial charge in [0.05, 0.1) is 19.3 Å². The summed E-state index contributed by atoms with van der Waals surface area (Å²) in [4.78, 5) is 15.0. The number of amides is 1. The molecule has 0 unspecified atom stereocenters. The zero-order chi connectivity index (χ0) is 22.7. The number of nitrogens with one attached hydrogen (secondary N) is 1. The second-order valence-electron chi connectivity index (χ2n) is 8.38. The van der Waals surface area contributed by atoms with Gasteiger partial charge < -0.3 is 19.5 Å². The second kappa shape index (κ2) is 9.44. The topological polar surface area (TPSA) is 87.7 Å². The van der Waals surface area contributed by atoms with E-state index in [1.165, 1.54) is 0 Å². The number of aromatic nitrogens is 2. The third-order valence-corrected chi connectivity index (χ3v) is 5.70. The lowest BCUT2D eigenvalue weighted by Crippen LogP contribution is -2.32. The average Bonchev–Trinajstić information content (AvgIpc) is 3.31. The maximum atomic E-state index is 13.3. The molecular weight excluding hydrogens is 406 g/mol. The van der Waals surface area contributed by atoms with Gasteiger partial charge in [-0.25, -0.2) is 0 Å². The van der Waals surface area contributed by atoms with E-state index in [1.807, 2.05) is 30.3 Å². The molecule has 1 aliphatic rings. The number of aromatic amines is 1. The Morgan fingerprint density at radius 1 is 1.16 bits per heavy atom. The molecular formula is C25H29N3O4. The second-order valence-corrected chi connectivity index (χ2v) is 8.38. The van der Waals surface area contributed by atoms with Crippen LogP contribution in [0.1, 0.15) is 47.9 Å². The number of para-hydroxylation sites is 1. The fraction of sp³-hybridized carbons (Fsp3) is 0.360. The molecule has 1 aromatic heterocycles. The number of hydrogen-bond acceptors (Lipinski definition) is 5. The van der Waals surface area contributed by atoms with E-state index in [4.69, 9.17) is 9.47 Å². The number of benzene rings is 2. The Hall–Kier alpha value is -3.32. The molecule has 4 rings (SSSR count). The van der Waals surface area contributed by atoms with Crippen LogP contribution in [-0.4, -0.2) is 53.0 Å². The van der Waals surface area contributed by atoms with Crippen LogP contribution in [0.5, 0.6) is 11.5 Å². The van der Waals surface area contributed by atoms with Crippen LogP contribution in [-0.2, 0) is 4.74 Å². The minimum Gasteiger partial charge on any atom is -0.507 e. The molecule has 1 amide bonds. The largest absolute Gasteiger partial charge is 0.507 e. The zero-order valence-corrected chi connectivity index (χ0v) is 18.7. The Morgan fingerprint density at radius 3 is 2.72 bits per heavy atom. The van der Waals surface area contributed by atoms with Crippen LogP contribution in [0.4, 0.5) is 0 Å². The molecule has 1 aliphatic heterocycles. The van der Waals surface area contributed by atoms with Gasteiger partial charge in [0.15, 0.2) is 0 Å². The minimum absolute atomic E-state index is 0.120. The number of carbonyl (C=O) groups excluding carboxylic acids is 1. The van der Waals surface area contributed by atoms with E-state index >= 15 is 0 Å². The molecule has 7 heteroatoms. The number of rotatable bonds is 9. The smallest absolute Gasteiger partial charge is 0.273 e. The van der Waals surface area contributed by atoms with Crippen LogP contribution >= 0.6 is 0 Å². The molecule has 0 bridgehead atoms. The summed E-state index contributed by atoms with van der Waals surface area (Å²) < 4.78 is 11.2. The maximum absolute atomic E-state index is 13.3. The van der Waals surface area contributed by atoms with E-state index in [0.29, 0.717) is 42.6 Å². The van der Waals surface area contributed by atoms with Crippen molar-refractivity contribution in [1.82, 2.24) is 15.1 Å². The number of hydrogen-bond donors (Lipinski definition) is 2. The van der Waals surface area contributed by atoms with Crippen LogP contribution in [0.3, 0.4) is 0 Å². The van der Waals surface area contributed by atoms with Gasteiger partial charge >= 0.3 is 0 Å². The Balaban J connectivity index is 1.76. The first-order valence-electron chi connectivity index (χ1n) is 10.9. The van der Waals surface area contributed by atoms with Crippen molar-refractivity contribution >= 4 is 5.91 Å². The van der Waals surface area contributed by atoms with Gasteiger partial charge in [-0.05, 0) is 42.2 Å². The highest BCUT2D eigenvalue weighted by Gasteiger charge is 2.42. The molecule has 0 aliphatic carbocycles. The third-order valence-electron chi connectivity index (χ3n) is 5.70. The summed E-state index contributed by atoms with van der Waals surface area (Å²) in [5.41, 5.74) is 3.28. The van der Waals surface area contributed by atoms with E-state index < -0.39 is 0 Å². The van der Waals surface area contributed by atoms with Crippen LogP contribution in [0.2, 0.25) is 0 Å². The highest BCUT2D eigenvalue weighted by Crippen LogP contribution is 2.44. The molecule has 0 saturated heterocycles. The first kappa shape index (κ1) is 21.9. The monoisotopic (exact) mass is 435 g/mol. The van der Waals surface area contributed by atoms with Gasteiger partial charge in [0.2, 0.25) is 0 Å². The first-order chi connectivity index (χ1) is 15.5. The van der Waals surface area contributed by atoms with Crippen molar-refractivity contribution in [2.75, 3.05) is 26.9 Å². The normalized spacial score (nSPS) is 15.4. The predicted molar refractivity (Wildman–Crippen MR) is 122 cm³/mol. The van der Waals surface area contributed by atoms with Gasteiger partial charge in [-0.1, -0.05) is 38.1 Å².